The highest BCUT2D eigenvalue weighted by molar-refractivity contribution is 5.76. The number of unbranched alkanes of at least 4 members (excludes halogenated alkanes) is 1. The molecule has 0 radical (unpaired) electrons. The summed E-state index contributed by atoms with van der Waals surface area (Å²) in [6.07, 6.45) is 3.44. The first-order valence-corrected chi connectivity index (χ1v) is 12.1. The molecule has 0 aliphatic heterocycles. The number of esters is 1. The van der Waals surface area contributed by atoms with E-state index in [1.807, 2.05) is 0 Å². The predicted octanol–water partition coefficient (Wildman–Crippen LogP) is -0.566. The van der Waals surface area contributed by atoms with Crippen LogP contribution in [-0.2, 0) is 42.8 Å². The van der Waals surface area contributed by atoms with Crippen LogP contribution in [0, 0.1) is 0 Å². The Kier molecular flexibility index (Phi) is 24.4. The van der Waals surface area contributed by atoms with E-state index in [9.17, 15) is 19.5 Å². The fraction of sp³-hybridized carbons (Fsp3) is 0.783. The lowest BCUT2D eigenvalue weighted by Gasteiger charge is -2.14. The van der Waals surface area contributed by atoms with E-state index in [1.54, 1.807) is 6.08 Å². The standard InChI is InChI=1S/C23H43N3O10/c1-2-8-31-10-12-33-14-16-35-17-15-34-13-11-32-9-6-21(27)25-7-4-3-5-20(23(29)30)26-19-36-22(28)18-24/h2,20,26H,1,3-19,24H2,(H,25,27)(H,29,30)/t20-/m0/s1. The molecule has 36 heavy (non-hydrogen) atoms. The maximum Gasteiger partial charge on any atom is 0.321 e. The number of carboxylic acids is 1. The van der Waals surface area contributed by atoms with Crippen molar-refractivity contribution in [2.75, 3.05) is 85.9 Å². The van der Waals surface area contributed by atoms with Crippen LogP contribution in [0.15, 0.2) is 12.7 Å². The first kappa shape index (κ1) is 33.9. The molecule has 13 heteroatoms. The molecule has 0 aromatic rings. The molecule has 1 amide bonds. The summed E-state index contributed by atoms with van der Waals surface area (Å²) in [4.78, 5) is 34.0. The van der Waals surface area contributed by atoms with Gasteiger partial charge in [0, 0.05) is 13.0 Å². The van der Waals surface area contributed by atoms with E-state index in [-0.39, 0.29) is 32.2 Å². The lowest BCUT2D eigenvalue weighted by Crippen LogP contribution is -2.39. The molecule has 0 spiro atoms. The van der Waals surface area contributed by atoms with Crippen molar-refractivity contribution in [3.8, 4) is 0 Å². The lowest BCUT2D eigenvalue weighted by molar-refractivity contribution is -0.146. The third-order valence-corrected chi connectivity index (χ3v) is 4.47. The molecule has 0 aromatic heterocycles. The van der Waals surface area contributed by atoms with Crippen LogP contribution < -0.4 is 16.4 Å². The van der Waals surface area contributed by atoms with Crippen LogP contribution >= 0.6 is 0 Å². The summed E-state index contributed by atoms with van der Waals surface area (Å²) in [6.45, 7) is 8.04. The Balaban J connectivity index is 3.44. The number of nitrogens with one attached hydrogen (secondary N) is 2. The van der Waals surface area contributed by atoms with Crippen LogP contribution in [0.4, 0.5) is 0 Å². The number of hydrogen-bond donors (Lipinski definition) is 4. The largest absolute Gasteiger partial charge is 0.480 e. The van der Waals surface area contributed by atoms with Crippen molar-refractivity contribution >= 4 is 17.8 Å². The van der Waals surface area contributed by atoms with Crippen molar-refractivity contribution in [2.45, 2.75) is 31.7 Å². The summed E-state index contributed by atoms with van der Waals surface area (Å²) in [7, 11) is 0. The fourth-order valence-corrected chi connectivity index (χ4v) is 2.60. The van der Waals surface area contributed by atoms with E-state index in [0.717, 1.165) is 0 Å². The van der Waals surface area contributed by atoms with Crippen LogP contribution in [0.5, 0.6) is 0 Å². The number of amides is 1. The van der Waals surface area contributed by atoms with Gasteiger partial charge in [0.1, 0.15) is 12.8 Å². The zero-order valence-electron chi connectivity index (χ0n) is 21.1. The minimum Gasteiger partial charge on any atom is -0.480 e. The van der Waals surface area contributed by atoms with Gasteiger partial charge in [-0.3, -0.25) is 19.7 Å². The number of carbonyl (C=O) groups excluding carboxylic acids is 2. The predicted molar refractivity (Wildman–Crippen MR) is 130 cm³/mol. The maximum atomic E-state index is 11.8. The molecule has 0 aliphatic carbocycles. The van der Waals surface area contributed by atoms with Crippen molar-refractivity contribution in [1.29, 1.82) is 0 Å². The maximum absolute atomic E-state index is 11.8. The Morgan fingerprint density at radius 3 is 1.94 bits per heavy atom. The van der Waals surface area contributed by atoms with Gasteiger partial charge < -0.3 is 44.6 Å². The summed E-state index contributed by atoms with van der Waals surface area (Å²) >= 11 is 0. The second-order valence-corrected chi connectivity index (χ2v) is 7.37. The molecule has 0 saturated heterocycles. The molecule has 0 rings (SSSR count). The molecule has 0 unspecified atom stereocenters. The lowest BCUT2D eigenvalue weighted by atomic mass is 10.1. The minimum atomic E-state index is -1.04. The van der Waals surface area contributed by atoms with E-state index >= 15 is 0 Å². The van der Waals surface area contributed by atoms with Crippen molar-refractivity contribution < 1.29 is 47.9 Å². The van der Waals surface area contributed by atoms with E-state index in [4.69, 9.17) is 34.2 Å². The minimum absolute atomic E-state index is 0.139. The number of hydrogen-bond acceptors (Lipinski definition) is 11. The van der Waals surface area contributed by atoms with Crippen molar-refractivity contribution in [1.82, 2.24) is 10.6 Å². The van der Waals surface area contributed by atoms with Gasteiger partial charge in [-0.1, -0.05) is 6.08 Å². The topological polar surface area (TPSA) is 177 Å². The Labute approximate surface area is 212 Å². The van der Waals surface area contributed by atoms with Gasteiger partial charge in [0.05, 0.1) is 72.6 Å². The van der Waals surface area contributed by atoms with Gasteiger partial charge in [0.2, 0.25) is 5.91 Å². The molecule has 5 N–H and O–H groups in total. The molecule has 0 saturated carbocycles. The average molecular weight is 522 g/mol. The number of rotatable bonds is 27. The molecular weight excluding hydrogens is 478 g/mol. The van der Waals surface area contributed by atoms with Crippen LogP contribution in [0.1, 0.15) is 25.7 Å². The van der Waals surface area contributed by atoms with Gasteiger partial charge in [0.15, 0.2) is 0 Å². The van der Waals surface area contributed by atoms with Crippen molar-refractivity contribution in [3.63, 3.8) is 0 Å². The van der Waals surface area contributed by atoms with E-state index in [0.29, 0.717) is 85.3 Å². The molecule has 0 aliphatic rings. The second kappa shape index (κ2) is 25.9. The number of aliphatic carboxylic acids is 1. The zero-order valence-corrected chi connectivity index (χ0v) is 21.1. The highest BCUT2D eigenvalue weighted by Crippen LogP contribution is 2.01. The quantitative estimate of drug-likeness (QED) is 0.0469. The average Bonchev–Trinajstić information content (AvgIpc) is 2.86. The van der Waals surface area contributed by atoms with Crippen LogP contribution in [0.25, 0.3) is 0 Å². The van der Waals surface area contributed by atoms with E-state index < -0.39 is 18.0 Å². The molecule has 0 aromatic carbocycles. The number of carboxylic acid groups (broad SMARTS) is 1. The highest BCUT2D eigenvalue weighted by atomic mass is 16.6. The van der Waals surface area contributed by atoms with E-state index in [2.05, 4.69) is 17.2 Å². The summed E-state index contributed by atoms with van der Waals surface area (Å²) in [6, 6.07) is -0.847. The van der Waals surface area contributed by atoms with Gasteiger partial charge in [-0.05, 0) is 19.3 Å². The van der Waals surface area contributed by atoms with Crippen molar-refractivity contribution in [3.05, 3.63) is 12.7 Å². The van der Waals surface area contributed by atoms with Crippen LogP contribution in [-0.4, -0.2) is 115 Å². The summed E-state index contributed by atoms with van der Waals surface area (Å²) in [5.41, 5.74) is 5.10. The summed E-state index contributed by atoms with van der Waals surface area (Å²) in [5.74, 6) is -1.79. The first-order valence-electron chi connectivity index (χ1n) is 12.1. The number of carbonyl (C=O) groups is 3. The van der Waals surface area contributed by atoms with Gasteiger partial charge in [-0.2, -0.15) is 0 Å². The smallest absolute Gasteiger partial charge is 0.321 e. The Morgan fingerprint density at radius 1 is 0.861 bits per heavy atom. The zero-order chi connectivity index (χ0) is 26.7. The molecule has 1 atom stereocenters. The molecule has 210 valence electrons. The Bertz CT molecular complexity index is 580. The molecule has 0 fully saturated rings. The van der Waals surface area contributed by atoms with Gasteiger partial charge in [-0.25, -0.2) is 0 Å². The van der Waals surface area contributed by atoms with Gasteiger partial charge in [0.25, 0.3) is 0 Å². The number of nitrogens with two attached hydrogens (primary N) is 1. The van der Waals surface area contributed by atoms with Crippen LogP contribution in [0.2, 0.25) is 0 Å². The summed E-state index contributed by atoms with van der Waals surface area (Å²) < 4.78 is 31.4. The summed E-state index contributed by atoms with van der Waals surface area (Å²) in [5, 5.41) is 14.6. The second-order valence-electron chi connectivity index (χ2n) is 7.37. The SMILES string of the molecule is C=CCOCCOCCOCCOCCOCCC(=O)NCCCC[C@H](NCOC(=O)CN)C(=O)O. The molecule has 0 bridgehead atoms. The molecule has 13 nitrogen and oxygen atoms in total. The number of ether oxygens (including phenoxy) is 6. The third-order valence-electron chi connectivity index (χ3n) is 4.47. The van der Waals surface area contributed by atoms with E-state index in [1.165, 1.54) is 0 Å². The monoisotopic (exact) mass is 521 g/mol. The van der Waals surface area contributed by atoms with Gasteiger partial charge in [-0.15, -0.1) is 6.58 Å². The molecule has 0 heterocycles. The normalized spacial score (nSPS) is 11.7. The third kappa shape index (κ3) is 23.6. The Hall–Kier alpha value is -2.13. The molecular formula is C23H43N3O10. The first-order chi connectivity index (χ1) is 17.5. The van der Waals surface area contributed by atoms with Crippen molar-refractivity contribution in [2.24, 2.45) is 5.73 Å². The fourth-order valence-electron chi connectivity index (χ4n) is 2.60. The van der Waals surface area contributed by atoms with Crippen LogP contribution in [0.3, 0.4) is 0 Å². The van der Waals surface area contributed by atoms with Gasteiger partial charge >= 0.3 is 11.9 Å². The highest BCUT2D eigenvalue weighted by Gasteiger charge is 2.16. The Morgan fingerprint density at radius 2 is 1.42 bits per heavy atom.